The predicted molar refractivity (Wildman–Crippen MR) is 85.1 cm³/mol. The van der Waals surface area contributed by atoms with Gasteiger partial charge in [-0.1, -0.05) is 23.7 Å². The van der Waals surface area contributed by atoms with E-state index in [-0.39, 0.29) is 17.0 Å². The number of hydrogen-bond donors (Lipinski definition) is 0. The molecule has 2 aromatic rings. The highest BCUT2D eigenvalue weighted by Gasteiger charge is 2.21. The Labute approximate surface area is 125 Å². The molecule has 0 aliphatic rings. The van der Waals surface area contributed by atoms with Crippen molar-refractivity contribution in [1.29, 1.82) is 0 Å². The number of sulfone groups is 1. The normalized spacial score (nSPS) is 12.8. The second kappa shape index (κ2) is 5.41. The minimum Gasteiger partial charge on any atom is -0.343 e. The molecule has 0 spiro atoms. The molecule has 0 radical (unpaired) electrons. The van der Waals surface area contributed by atoms with Gasteiger partial charge < -0.3 is 4.57 Å². The fourth-order valence-electron chi connectivity index (χ4n) is 2.24. The van der Waals surface area contributed by atoms with Gasteiger partial charge in [0.15, 0.2) is 9.84 Å². The summed E-state index contributed by atoms with van der Waals surface area (Å²) in [4.78, 5) is 0. The number of halogens is 1. The first-order chi connectivity index (χ1) is 9.24. The molecule has 3 nitrogen and oxygen atoms in total. The van der Waals surface area contributed by atoms with Crippen molar-refractivity contribution in [2.75, 3.05) is 0 Å². The largest absolute Gasteiger partial charge is 0.343 e. The molecule has 0 unspecified atom stereocenters. The Balaban J connectivity index is 2.64. The monoisotopic (exact) mass is 313 g/mol. The Bertz CT molecular complexity index is 730. The van der Waals surface area contributed by atoms with Gasteiger partial charge in [-0.05, 0) is 39.3 Å². The minimum atomic E-state index is -3.12. The van der Waals surface area contributed by atoms with E-state index in [2.05, 4.69) is 13.8 Å². The maximum atomic E-state index is 12.2. The van der Waals surface area contributed by atoms with Crippen LogP contribution in [0.1, 0.15) is 39.3 Å². The SMILES string of the molecule is CC(C)n1cc(CS(=O)(=O)C(C)C)c2cccc(Cl)c21. The molecular formula is C15H20ClNO2S. The van der Waals surface area contributed by atoms with Gasteiger partial charge in [0.1, 0.15) is 0 Å². The third kappa shape index (κ3) is 2.72. The average Bonchev–Trinajstić information content (AvgIpc) is 2.69. The number of nitrogens with zero attached hydrogens (tertiary/aromatic N) is 1. The van der Waals surface area contributed by atoms with Crippen LogP contribution in [0.2, 0.25) is 5.02 Å². The molecule has 0 fully saturated rings. The number of rotatable bonds is 4. The van der Waals surface area contributed by atoms with Gasteiger partial charge in [-0.2, -0.15) is 0 Å². The first-order valence-corrected chi connectivity index (χ1v) is 8.83. The van der Waals surface area contributed by atoms with E-state index in [9.17, 15) is 8.42 Å². The summed E-state index contributed by atoms with van der Waals surface area (Å²) in [5.74, 6) is 0.0568. The number of fused-ring (bicyclic) bond motifs is 1. The minimum absolute atomic E-state index is 0.0568. The van der Waals surface area contributed by atoms with Crippen LogP contribution in [-0.4, -0.2) is 18.2 Å². The second-order valence-corrected chi connectivity index (χ2v) is 8.61. The van der Waals surface area contributed by atoms with E-state index in [0.29, 0.717) is 5.02 Å². The van der Waals surface area contributed by atoms with E-state index in [1.54, 1.807) is 13.8 Å². The zero-order valence-electron chi connectivity index (χ0n) is 12.2. The zero-order chi connectivity index (χ0) is 15.1. The highest BCUT2D eigenvalue weighted by atomic mass is 35.5. The lowest BCUT2D eigenvalue weighted by Gasteiger charge is -2.09. The zero-order valence-corrected chi connectivity index (χ0v) is 13.8. The lowest BCUT2D eigenvalue weighted by molar-refractivity contribution is 0.586. The summed E-state index contributed by atoms with van der Waals surface area (Å²) in [5, 5.41) is 1.21. The molecule has 110 valence electrons. The topological polar surface area (TPSA) is 39.1 Å². The van der Waals surface area contributed by atoms with Crippen LogP contribution in [0, 0.1) is 0 Å². The standard InChI is InChI=1S/C15H20ClNO2S/c1-10(2)17-8-12(9-20(18,19)11(3)4)13-6-5-7-14(16)15(13)17/h5-8,10-11H,9H2,1-4H3. The van der Waals surface area contributed by atoms with Crippen LogP contribution < -0.4 is 0 Å². The van der Waals surface area contributed by atoms with Crippen molar-refractivity contribution in [3.8, 4) is 0 Å². The molecule has 0 atom stereocenters. The molecule has 5 heteroatoms. The Morgan fingerprint density at radius 2 is 1.85 bits per heavy atom. The predicted octanol–water partition coefficient (Wildman–Crippen LogP) is 4.20. The molecule has 0 saturated carbocycles. The first kappa shape index (κ1) is 15.4. The van der Waals surface area contributed by atoms with Crippen LogP contribution in [0.5, 0.6) is 0 Å². The van der Waals surface area contributed by atoms with Gasteiger partial charge in [0.25, 0.3) is 0 Å². The summed E-state index contributed by atoms with van der Waals surface area (Å²) >= 11 is 6.28. The summed E-state index contributed by atoms with van der Waals surface area (Å²) in [6.45, 7) is 7.54. The van der Waals surface area contributed by atoms with Gasteiger partial charge >= 0.3 is 0 Å². The molecule has 0 saturated heterocycles. The molecule has 0 aliphatic carbocycles. The van der Waals surface area contributed by atoms with Crippen molar-refractivity contribution in [3.63, 3.8) is 0 Å². The van der Waals surface area contributed by atoms with Crippen LogP contribution in [0.4, 0.5) is 0 Å². The summed E-state index contributed by atoms with van der Waals surface area (Å²) < 4.78 is 26.4. The van der Waals surface area contributed by atoms with E-state index >= 15 is 0 Å². The third-order valence-corrected chi connectivity index (χ3v) is 5.97. The van der Waals surface area contributed by atoms with Crippen LogP contribution in [0.3, 0.4) is 0 Å². The van der Waals surface area contributed by atoms with E-state index in [4.69, 9.17) is 11.6 Å². The average molecular weight is 314 g/mol. The van der Waals surface area contributed by atoms with Gasteiger partial charge in [-0.3, -0.25) is 0 Å². The molecule has 0 bridgehead atoms. The van der Waals surface area contributed by atoms with Crippen molar-refractivity contribution in [3.05, 3.63) is 35.0 Å². The lowest BCUT2D eigenvalue weighted by atomic mass is 10.2. The van der Waals surface area contributed by atoms with Crippen molar-refractivity contribution in [2.24, 2.45) is 0 Å². The molecule has 20 heavy (non-hydrogen) atoms. The van der Waals surface area contributed by atoms with E-state index in [1.165, 1.54) is 0 Å². The first-order valence-electron chi connectivity index (χ1n) is 6.73. The molecule has 0 N–H and O–H groups in total. The van der Waals surface area contributed by atoms with Crippen molar-refractivity contribution < 1.29 is 8.42 Å². The Kier molecular flexibility index (Phi) is 4.17. The molecule has 1 aromatic heterocycles. The van der Waals surface area contributed by atoms with Crippen LogP contribution >= 0.6 is 11.6 Å². The Morgan fingerprint density at radius 3 is 2.40 bits per heavy atom. The summed E-state index contributed by atoms with van der Waals surface area (Å²) in [5.41, 5.74) is 1.74. The molecular weight excluding hydrogens is 294 g/mol. The maximum absolute atomic E-state index is 12.2. The molecule has 1 aromatic carbocycles. The summed E-state index contributed by atoms with van der Waals surface area (Å²) in [6, 6.07) is 5.86. The molecule has 0 aliphatic heterocycles. The Morgan fingerprint density at radius 1 is 1.20 bits per heavy atom. The molecule has 0 amide bonds. The quantitative estimate of drug-likeness (QED) is 0.848. The highest BCUT2D eigenvalue weighted by Crippen LogP contribution is 2.31. The Hall–Kier alpha value is -1.00. The fourth-order valence-corrected chi connectivity index (χ4v) is 3.51. The van der Waals surface area contributed by atoms with Crippen molar-refractivity contribution in [2.45, 2.75) is 44.7 Å². The highest BCUT2D eigenvalue weighted by molar-refractivity contribution is 7.91. The van der Waals surface area contributed by atoms with E-state index in [0.717, 1.165) is 16.5 Å². The smallest absolute Gasteiger partial charge is 0.156 e. The van der Waals surface area contributed by atoms with Gasteiger partial charge in [-0.25, -0.2) is 8.42 Å². The molecule has 2 rings (SSSR count). The van der Waals surface area contributed by atoms with Crippen LogP contribution in [-0.2, 0) is 15.6 Å². The number of hydrogen-bond acceptors (Lipinski definition) is 2. The van der Waals surface area contributed by atoms with Crippen molar-refractivity contribution in [1.82, 2.24) is 4.57 Å². The third-order valence-electron chi connectivity index (χ3n) is 3.52. The van der Waals surface area contributed by atoms with Crippen LogP contribution in [0.25, 0.3) is 10.9 Å². The van der Waals surface area contributed by atoms with Gasteiger partial charge in [-0.15, -0.1) is 0 Å². The summed E-state index contributed by atoms with van der Waals surface area (Å²) in [7, 11) is -3.12. The van der Waals surface area contributed by atoms with Gasteiger partial charge in [0.05, 0.1) is 21.5 Å². The van der Waals surface area contributed by atoms with Crippen molar-refractivity contribution >= 4 is 32.3 Å². The van der Waals surface area contributed by atoms with E-state index in [1.807, 2.05) is 29.0 Å². The number of para-hydroxylation sites is 1. The maximum Gasteiger partial charge on any atom is 0.156 e. The lowest BCUT2D eigenvalue weighted by Crippen LogP contribution is -2.15. The van der Waals surface area contributed by atoms with Gasteiger partial charge in [0, 0.05) is 17.6 Å². The fraction of sp³-hybridized carbons (Fsp3) is 0.467. The summed E-state index contributed by atoms with van der Waals surface area (Å²) in [6.07, 6.45) is 1.92. The second-order valence-electron chi connectivity index (χ2n) is 5.65. The van der Waals surface area contributed by atoms with Gasteiger partial charge in [0.2, 0.25) is 0 Å². The van der Waals surface area contributed by atoms with E-state index < -0.39 is 9.84 Å². The van der Waals surface area contributed by atoms with Crippen LogP contribution in [0.15, 0.2) is 24.4 Å². The number of aromatic nitrogens is 1. The molecule has 1 heterocycles. The number of benzene rings is 1.